The fourth-order valence-electron chi connectivity index (χ4n) is 1.91. The number of nitrogens with zero attached hydrogens (tertiary/aromatic N) is 3. The van der Waals surface area contributed by atoms with Crippen LogP contribution in [0.15, 0.2) is 0 Å². The minimum absolute atomic E-state index is 0.0576. The average Bonchev–Trinajstić information content (AvgIpc) is 2.44. The van der Waals surface area contributed by atoms with Crippen molar-refractivity contribution in [2.24, 2.45) is 0 Å². The second-order valence-corrected chi connectivity index (χ2v) is 4.99. The van der Waals surface area contributed by atoms with Crippen molar-refractivity contribution >= 4 is 23.3 Å². The molecule has 1 aromatic heterocycles. The molecule has 0 radical (unpaired) electrons. The molecule has 0 bridgehead atoms. The number of aromatic nitrogens is 2. The Hall–Kier alpha value is -1.36. The quantitative estimate of drug-likeness (QED) is 0.820. The lowest BCUT2D eigenvalue weighted by molar-refractivity contribution is -0.131. The number of nitrogens with one attached hydrogen (secondary N) is 1. The first-order valence-corrected chi connectivity index (χ1v) is 7.40. The lowest BCUT2D eigenvalue weighted by atomic mass is 10.2. The fraction of sp³-hybridized carbons (Fsp3) is 0.643. The van der Waals surface area contributed by atoms with E-state index in [1.165, 1.54) is 0 Å². The summed E-state index contributed by atoms with van der Waals surface area (Å²) in [5, 5.41) is 3.58. The van der Waals surface area contributed by atoms with E-state index in [2.05, 4.69) is 15.3 Å². The number of likely N-dealkylation sites (N-methyl/N-ethyl adjacent to an activating group) is 1. The number of hydrogen-bond acceptors (Lipinski definition) is 4. The molecule has 0 saturated heterocycles. The molecular formula is C14H23ClN4O. The maximum atomic E-state index is 12.2. The highest BCUT2D eigenvalue weighted by Crippen LogP contribution is 2.21. The molecule has 0 fully saturated rings. The van der Waals surface area contributed by atoms with Gasteiger partial charge in [0, 0.05) is 25.1 Å². The van der Waals surface area contributed by atoms with Gasteiger partial charge in [0.05, 0.1) is 0 Å². The van der Waals surface area contributed by atoms with E-state index in [1.54, 1.807) is 4.90 Å². The van der Waals surface area contributed by atoms with E-state index in [0.29, 0.717) is 36.3 Å². The van der Waals surface area contributed by atoms with Crippen LogP contribution >= 0.6 is 11.6 Å². The molecule has 5 nitrogen and oxygen atoms in total. The zero-order valence-electron chi connectivity index (χ0n) is 12.8. The number of halogens is 1. The Kier molecular flexibility index (Phi) is 6.20. The molecule has 0 aliphatic heterocycles. The van der Waals surface area contributed by atoms with Gasteiger partial charge in [0.2, 0.25) is 5.91 Å². The van der Waals surface area contributed by atoms with Crippen LogP contribution in [-0.2, 0) is 11.2 Å². The molecule has 1 N–H and O–H groups in total. The van der Waals surface area contributed by atoms with Crippen molar-refractivity contribution in [1.29, 1.82) is 0 Å². The van der Waals surface area contributed by atoms with Crippen molar-refractivity contribution in [2.75, 3.05) is 18.4 Å². The van der Waals surface area contributed by atoms with E-state index in [0.717, 1.165) is 5.56 Å². The normalized spacial score (nSPS) is 12.1. The molecule has 1 unspecified atom stereocenters. The number of amides is 1. The van der Waals surface area contributed by atoms with Crippen LogP contribution in [0.4, 0.5) is 5.82 Å². The topological polar surface area (TPSA) is 58.1 Å². The summed E-state index contributed by atoms with van der Waals surface area (Å²) in [4.78, 5) is 22.6. The molecular weight excluding hydrogens is 276 g/mol. The van der Waals surface area contributed by atoms with Crippen molar-refractivity contribution in [3.05, 3.63) is 16.5 Å². The first-order chi connectivity index (χ1) is 9.44. The Balaban J connectivity index is 2.92. The standard InChI is InChI=1S/C14H23ClN4O/c1-6-11-17-12(15)9(4)13(18-11)16-10(5)14(20)19(7-2)8-3/h10H,6-8H2,1-5H3,(H,16,17,18). The lowest BCUT2D eigenvalue weighted by Crippen LogP contribution is -2.41. The molecule has 0 saturated carbocycles. The maximum absolute atomic E-state index is 12.2. The van der Waals surface area contributed by atoms with E-state index in [1.807, 2.05) is 34.6 Å². The van der Waals surface area contributed by atoms with Crippen molar-refractivity contribution < 1.29 is 4.79 Å². The predicted octanol–water partition coefficient (Wildman–Crippen LogP) is 2.67. The molecule has 1 aromatic rings. The number of aryl methyl sites for hydroxylation is 1. The summed E-state index contributed by atoms with van der Waals surface area (Å²) in [6.07, 6.45) is 0.701. The highest BCUT2D eigenvalue weighted by atomic mass is 35.5. The molecule has 0 aromatic carbocycles. The van der Waals surface area contributed by atoms with Gasteiger partial charge in [-0.05, 0) is 27.7 Å². The summed E-state index contributed by atoms with van der Waals surface area (Å²) < 4.78 is 0. The molecule has 1 rings (SSSR count). The third-order valence-electron chi connectivity index (χ3n) is 3.25. The summed E-state index contributed by atoms with van der Waals surface area (Å²) >= 11 is 6.09. The van der Waals surface area contributed by atoms with Crippen LogP contribution in [0, 0.1) is 6.92 Å². The number of rotatable bonds is 6. The molecule has 0 spiro atoms. The molecule has 0 aliphatic carbocycles. The second kappa shape index (κ2) is 7.43. The van der Waals surface area contributed by atoms with Crippen molar-refractivity contribution in [3.63, 3.8) is 0 Å². The summed E-state index contributed by atoms with van der Waals surface area (Å²) in [6.45, 7) is 11.0. The van der Waals surface area contributed by atoms with Crippen molar-refractivity contribution in [2.45, 2.75) is 47.1 Å². The molecule has 20 heavy (non-hydrogen) atoms. The fourth-order valence-corrected chi connectivity index (χ4v) is 2.09. The van der Waals surface area contributed by atoms with Crippen LogP contribution in [0.25, 0.3) is 0 Å². The molecule has 1 heterocycles. The molecule has 1 atom stereocenters. The number of anilines is 1. The largest absolute Gasteiger partial charge is 0.358 e. The van der Waals surface area contributed by atoms with E-state index in [9.17, 15) is 4.79 Å². The lowest BCUT2D eigenvalue weighted by Gasteiger charge is -2.24. The summed E-state index contributed by atoms with van der Waals surface area (Å²) in [6, 6.07) is -0.343. The van der Waals surface area contributed by atoms with E-state index < -0.39 is 0 Å². The van der Waals surface area contributed by atoms with Crippen LogP contribution in [0.3, 0.4) is 0 Å². The van der Waals surface area contributed by atoms with E-state index >= 15 is 0 Å². The van der Waals surface area contributed by atoms with Crippen molar-refractivity contribution in [1.82, 2.24) is 14.9 Å². The average molecular weight is 299 g/mol. The Morgan fingerprint density at radius 3 is 2.40 bits per heavy atom. The third kappa shape index (κ3) is 3.82. The smallest absolute Gasteiger partial charge is 0.244 e. The highest BCUT2D eigenvalue weighted by molar-refractivity contribution is 6.30. The summed E-state index contributed by atoms with van der Waals surface area (Å²) in [5.41, 5.74) is 0.767. The Morgan fingerprint density at radius 1 is 1.30 bits per heavy atom. The first kappa shape index (κ1) is 16.7. The first-order valence-electron chi connectivity index (χ1n) is 7.02. The van der Waals surface area contributed by atoms with Gasteiger partial charge in [-0.3, -0.25) is 4.79 Å². The van der Waals surface area contributed by atoms with Gasteiger partial charge in [-0.25, -0.2) is 9.97 Å². The Morgan fingerprint density at radius 2 is 1.90 bits per heavy atom. The predicted molar refractivity (Wildman–Crippen MR) is 82.2 cm³/mol. The van der Waals surface area contributed by atoms with Gasteiger partial charge in [-0.1, -0.05) is 18.5 Å². The van der Waals surface area contributed by atoms with Gasteiger partial charge >= 0.3 is 0 Å². The third-order valence-corrected chi connectivity index (χ3v) is 3.62. The van der Waals surface area contributed by atoms with E-state index in [4.69, 9.17) is 11.6 Å². The van der Waals surface area contributed by atoms with Crippen LogP contribution in [0.2, 0.25) is 5.15 Å². The zero-order chi connectivity index (χ0) is 15.3. The van der Waals surface area contributed by atoms with Crippen LogP contribution in [0.5, 0.6) is 0 Å². The molecule has 0 aliphatic rings. The van der Waals surface area contributed by atoms with E-state index in [-0.39, 0.29) is 11.9 Å². The summed E-state index contributed by atoms with van der Waals surface area (Å²) in [5.74, 6) is 1.36. The number of carbonyl (C=O) groups excluding carboxylic acids is 1. The maximum Gasteiger partial charge on any atom is 0.244 e. The molecule has 112 valence electrons. The Bertz CT molecular complexity index is 474. The number of carbonyl (C=O) groups is 1. The van der Waals surface area contributed by atoms with Crippen LogP contribution in [-0.4, -0.2) is 39.9 Å². The number of hydrogen-bond donors (Lipinski definition) is 1. The Labute approximate surface area is 125 Å². The highest BCUT2D eigenvalue weighted by Gasteiger charge is 2.20. The second-order valence-electron chi connectivity index (χ2n) is 4.63. The van der Waals surface area contributed by atoms with Crippen molar-refractivity contribution in [3.8, 4) is 0 Å². The minimum atomic E-state index is -0.343. The van der Waals surface area contributed by atoms with Gasteiger partial charge in [-0.2, -0.15) is 0 Å². The van der Waals surface area contributed by atoms with Crippen LogP contribution in [0.1, 0.15) is 39.1 Å². The van der Waals surface area contributed by atoms with Gasteiger partial charge < -0.3 is 10.2 Å². The monoisotopic (exact) mass is 298 g/mol. The molecule has 1 amide bonds. The minimum Gasteiger partial charge on any atom is -0.358 e. The molecule has 6 heteroatoms. The van der Waals surface area contributed by atoms with Gasteiger partial charge in [0.1, 0.15) is 22.8 Å². The van der Waals surface area contributed by atoms with Crippen LogP contribution < -0.4 is 5.32 Å². The zero-order valence-corrected chi connectivity index (χ0v) is 13.6. The SMILES string of the molecule is CCc1nc(Cl)c(C)c(NC(C)C(=O)N(CC)CC)n1. The van der Waals surface area contributed by atoms with Gasteiger partial charge in [0.25, 0.3) is 0 Å². The van der Waals surface area contributed by atoms with Gasteiger partial charge in [-0.15, -0.1) is 0 Å². The van der Waals surface area contributed by atoms with Gasteiger partial charge in [0.15, 0.2) is 0 Å². The summed E-state index contributed by atoms with van der Waals surface area (Å²) in [7, 11) is 0.